The predicted octanol–water partition coefficient (Wildman–Crippen LogP) is 1.22. The SMILES string of the molecule is NCCCCC(OC(N)=O)C(=O)Nc1ccccc1. The van der Waals surface area contributed by atoms with Crippen molar-refractivity contribution in [1.82, 2.24) is 0 Å². The fraction of sp³-hybridized carbons (Fsp3) is 0.385. The monoisotopic (exact) mass is 265 g/mol. The van der Waals surface area contributed by atoms with Gasteiger partial charge in [-0.1, -0.05) is 18.2 Å². The summed E-state index contributed by atoms with van der Waals surface area (Å²) < 4.78 is 4.82. The topological polar surface area (TPSA) is 107 Å². The third kappa shape index (κ3) is 5.87. The van der Waals surface area contributed by atoms with Crippen molar-refractivity contribution in [3.8, 4) is 0 Å². The summed E-state index contributed by atoms with van der Waals surface area (Å²) >= 11 is 0. The van der Waals surface area contributed by atoms with Crippen molar-refractivity contribution in [2.24, 2.45) is 11.5 Å². The summed E-state index contributed by atoms with van der Waals surface area (Å²) in [6.45, 7) is 0.531. The number of nitrogens with two attached hydrogens (primary N) is 2. The van der Waals surface area contributed by atoms with Crippen LogP contribution in [-0.4, -0.2) is 24.6 Å². The summed E-state index contributed by atoms with van der Waals surface area (Å²) in [6, 6.07) is 8.94. The lowest BCUT2D eigenvalue weighted by Crippen LogP contribution is -2.34. The molecule has 0 bridgehead atoms. The van der Waals surface area contributed by atoms with Gasteiger partial charge in [-0.2, -0.15) is 0 Å². The zero-order valence-corrected chi connectivity index (χ0v) is 10.7. The van der Waals surface area contributed by atoms with Crippen LogP contribution in [0.4, 0.5) is 10.5 Å². The molecular weight excluding hydrogens is 246 g/mol. The van der Waals surface area contributed by atoms with Crippen molar-refractivity contribution in [3.05, 3.63) is 30.3 Å². The Bertz CT molecular complexity index is 409. The summed E-state index contributed by atoms with van der Waals surface area (Å²) in [5.74, 6) is -0.387. The minimum Gasteiger partial charge on any atom is -0.436 e. The van der Waals surface area contributed by atoms with E-state index in [0.717, 1.165) is 6.42 Å². The molecule has 0 radical (unpaired) electrons. The van der Waals surface area contributed by atoms with Gasteiger partial charge in [0.15, 0.2) is 6.10 Å². The van der Waals surface area contributed by atoms with E-state index in [9.17, 15) is 9.59 Å². The Kier molecular flexibility index (Phi) is 6.38. The van der Waals surface area contributed by atoms with Crippen molar-refractivity contribution in [2.75, 3.05) is 11.9 Å². The van der Waals surface area contributed by atoms with E-state index < -0.39 is 12.2 Å². The van der Waals surface area contributed by atoms with Crippen molar-refractivity contribution < 1.29 is 14.3 Å². The van der Waals surface area contributed by atoms with Crippen LogP contribution in [0, 0.1) is 0 Å². The molecule has 1 aromatic rings. The molecule has 104 valence electrons. The second kappa shape index (κ2) is 8.10. The lowest BCUT2D eigenvalue weighted by atomic mass is 10.1. The Morgan fingerprint density at radius 3 is 2.47 bits per heavy atom. The smallest absolute Gasteiger partial charge is 0.405 e. The van der Waals surface area contributed by atoms with Crippen LogP contribution in [0.25, 0.3) is 0 Å². The number of primary amides is 1. The molecule has 5 N–H and O–H groups in total. The number of carbonyl (C=O) groups is 2. The molecule has 19 heavy (non-hydrogen) atoms. The van der Waals surface area contributed by atoms with Crippen molar-refractivity contribution >= 4 is 17.7 Å². The summed E-state index contributed by atoms with van der Waals surface area (Å²) in [5.41, 5.74) is 11.0. The predicted molar refractivity (Wildman–Crippen MR) is 72.4 cm³/mol. The largest absolute Gasteiger partial charge is 0.436 e. The van der Waals surface area contributed by atoms with Gasteiger partial charge in [0.2, 0.25) is 0 Å². The second-order valence-electron chi connectivity index (χ2n) is 4.07. The molecule has 0 aliphatic carbocycles. The first-order valence-corrected chi connectivity index (χ1v) is 6.15. The first kappa shape index (κ1) is 15.0. The van der Waals surface area contributed by atoms with E-state index in [1.165, 1.54) is 0 Å². The number of hydrogen-bond acceptors (Lipinski definition) is 4. The van der Waals surface area contributed by atoms with Crippen LogP contribution >= 0.6 is 0 Å². The standard InChI is InChI=1S/C13H19N3O3/c14-9-5-4-8-11(19-13(15)18)12(17)16-10-6-2-1-3-7-10/h1-3,6-7,11H,4-5,8-9,14H2,(H2,15,18)(H,16,17). The number of hydrogen-bond donors (Lipinski definition) is 3. The molecule has 0 spiro atoms. The molecule has 6 heteroatoms. The highest BCUT2D eigenvalue weighted by atomic mass is 16.6. The second-order valence-corrected chi connectivity index (χ2v) is 4.07. The number of carbonyl (C=O) groups excluding carboxylic acids is 2. The zero-order chi connectivity index (χ0) is 14.1. The van der Waals surface area contributed by atoms with E-state index in [0.29, 0.717) is 25.1 Å². The number of benzene rings is 1. The molecule has 2 amide bonds. The first-order valence-electron chi connectivity index (χ1n) is 6.15. The van der Waals surface area contributed by atoms with Gasteiger partial charge in [-0.25, -0.2) is 4.79 Å². The molecule has 0 aliphatic rings. The minimum absolute atomic E-state index is 0.387. The fourth-order valence-electron chi connectivity index (χ4n) is 1.60. The highest BCUT2D eigenvalue weighted by Crippen LogP contribution is 2.10. The molecule has 0 heterocycles. The Balaban J connectivity index is 2.57. The molecule has 0 aromatic heterocycles. The van der Waals surface area contributed by atoms with E-state index >= 15 is 0 Å². The van der Waals surface area contributed by atoms with E-state index in [1.54, 1.807) is 24.3 Å². The van der Waals surface area contributed by atoms with Crippen LogP contribution in [0.3, 0.4) is 0 Å². The first-order chi connectivity index (χ1) is 9.13. The molecule has 1 unspecified atom stereocenters. The summed E-state index contributed by atoms with van der Waals surface area (Å²) in [7, 11) is 0. The van der Waals surface area contributed by atoms with Crippen LogP contribution in [-0.2, 0) is 9.53 Å². The van der Waals surface area contributed by atoms with Crippen molar-refractivity contribution in [1.29, 1.82) is 0 Å². The van der Waals surface area contributed by atoms with Gasteiger partial charge >= 0.3 is 6.09 Å². The van der Waals surface area contributed by atoms with Gasteiger partial charge in [-0.3, -0.25) is 4.79 Å². The van der Waals surface area contributed by atoms with Gasteiger partial charge in [-0.05, 0) is 37.9 Å². The quantitative estimate of drug-likeness (QED) is 0.644. The molecule has 6 nitrogen and oxygen atoms in total. The maximum Gasteiger partial charge on any atom is 0.405 e. The highest BCUT2D eigenvalue weighted by Gasteiger charge is 2.21. The number of ether oxygens (including phenoxy) is 1. The lowest BCUT2D eigenvalue weighted by Gasteiger charge is -2.16. The third-order valence-electron chi connectivity index (χ3n) is 2.51. The Morgan fingerprint density at radius 2 is 1.89 bits per heavy atom. The van der Waals surface area contributed by atoms with E-state index in [4.69, 9.17) is 16.2 Å². The summed E-state index contributed by atoms with van der Waals surface area (Å²) in [4.78, 5) is 22.8. The highest BCUT2D eigenvalue weighted by molar-refractivity contribution is 5.95. The van der Waals surface area contributed by atoms with E-state index in [-0.39, 0.29) is 5.91 Å². The molecule has 1 aromatic carbocycles. The summed E-state index contributed by atoms with van der Waals surface area (Å²) in [6.07, 6.45) is 0.0115. The zero-order valence-electron chi connectivity index (χ0n) is 10.7. The maximum atomic E-state index is 12.0. The van der Waals surface area contributed by atoms with Gasteiger partial charge in [0.05, 0.1) is 0 Å². The lowest BCUT2D eigenvalue weighted by molar-refractivity contribution is -0.124. The van der Waals surface area contributed by atoms with E-state index in [2.05, 4.69) is 5.32 Å². The Labute approximate surface area is 112 Å². The Morgan fingerprint density at radius 1 is 1.21 bits per heavy atom. The third-order valence-corrected chi connectivity index (χ3v) is 2.51. The number of unbranched alkanes of at least 4 members (excludes halogenated alkanes) is 1. The molecule has 0 fully saturated rings. The molecule has 1 rings (SSSR count). The van der Waals surface area contributed by atoms with Crippen molar-refractivity contribution in [2.45, 2.75) is 25.4 Å². The average Bonchev–Trinajstić information content (AvgIpc) is 2.38. The number of amides is 2. The van der Waals surface area contributed by atoms with Crippen LogP contribution in [0.15, 0.2) is 30.3 Å². The number of para-hydroxylation sites is 1. The average molecular weight is 265 g/mol. The van der Waals surface area contributed by atoms with Gasteiger partial charge in [-0.15, -0.1) is 0 Å². The number of anilines is 1. The maximum absolute atomic E-state index is 12.0. The molecule has 0 saturated heterocycles. The normalized spacial score (nSPS) is 11.6. The van der Waals surface area contributed by atoms with Crippen LogP contribution in [0.1, 0.15) is 19.3 Å². The van der Waals surface area contributed by atoms with Gasteiger partial charge < -0.3 is 21.5 Å². The van der Waals surface area contributed by atoms with Gasteiger partial charge in [0, 0.05) is 5.69 Å². The van der Waals surface area contributed by atoms with Crippen LogP contribution < -0.4 is 16.8 Å². The molecule has 0 aliphatic heterocycles. The molecular formula is C13H19N3O3. The Hall–Kier alpha value is -2.08. The van der Waals surface area contributed by atoms with Crippen LogP contribution in [0.2, 0.25) is 0 Å². The van der Waals surface area contributed by atoms with Crippen molar-refractivity contribution in [3.63, 3.8) is 0 Å². The van der Waals surface area contributed by atoms with Gasteiger partial charge in [0.1, 0.15) is 0 Å². The minimum atomic E-state index is -0.957. The molecule has 1 atom stereocenters. The number of nitrogens with one attached hydrogen (secondary N) is 1. The van der Waals surface area contributed by atoms with Crippen LogP contribution in [0.5, 0.6) is 0 Å². The van der Waals surface area contributed by atoms with E-state index in [1.807, 2.05) is 6.07 Å². The fourth-order valence-corrected chi connectivity index (χ4v) is 1.60. The number of rotatable bonds is 7. The van der Waals surface area contributed by atoms with Gasteiger partial charge in [0.25, 0.3) is 5.91 Å². The molecule has 0 saturated carbocycles. The summed E-state index contributed by atoms with van der Waals surface area (Å²) in [5, 5.41) is 2.67.